The molecule has 78 valence electrons. The highest BCUT2D eigenvalue weighted by atomic mass is 14.3. The van der Waals surface area contributed by atoms with Gasteiger partial charge in [0, 0.05) is 11.8 Å². The Kier molecular flexibility index (Phi) is 3.05. The Labute approximate surface area is 92.3 Å². The molecule has 0 aliphatic heterocycles. The minimum absolute atomic E-state index is 0.549. The molecular formula is C15H18. The summed E-state index contributed by atoms with van der Waals surface area (Å²) in [5.74, 6) is 1.15. The molecule has 0 aromatic heterocycles. The van der Waals surface area contributed by atoms with E-state index in [0.29, 0.717) is 11.8 Å². The van der Waals surface area contributed by atoms with E-state index in [0.717, 1.165) is 6.42 Å². The first-order valence-corrected chi connectivity index (χ1v) is 5.74. The zero-order valence-electron chi connectivity index (χ0n) is 9.32. The third-order valence-electron chi connectivity index (χ3n) is 3.19. The van der Waals surface area contributed by atoms with Gasteiger partial charge in [-0.2, -0.15) is 0 Å². The van der Waals surface area contributed by atoms with Crippen LogP contribution in [0.2, 0.25) is 0 Å². The van der Waals surface area contributed by atoms with Gasteiger partial charge in [-0.05, 0) is 24.0 Å². The van der Waals surface area contributed by atoms with E-state index in [2.05, 4.69) is 56.0 Å². The predicted molar refractivity (Wildman–Crippen MR) is 66.2 cm³/mol. The molecular weight excluding hydrogens is 180 g/mol. The number of allylic oxidation sites excluding steroid dienone is 3. The van der Waals surface area contributed by atoms with Crippen LogP contribution in [0.1, 0.15) is 42.7 Å². The largest absolute Gasteiger partial charge is 0.102 e. The molecule has 0 bridgehead atoms. The molecule has 0 heteroatoms. The fourth-order valence-corrected chi connectivity index (χ4v) is 2.42. The predicted octanol–water partition coefficient (Wildman–Crippen LogP) is 4.41. The van der Waals surface area contributed by atoms with Gasteiger partial charge in [0.25, 0.3) is 0 Å². The van der Waals surface area contributed by atoms with Gasteiger partial charge < -0.3 is 0 Å². The first-order valence-electron chi connectivity index (χ1n) is 5.74. The summed E-state index contributed by atoms with van der Waals surface area (Å²) in [4.78, 5) is 0. The summed E-state index contributed by atoms with van der Waals surface area (Å²) < 4.78 is 0. The van der Waals surface area contributed by atoms with Gasteiger partial charge in [0.1, 0.15) is 0 Å². The molecule has 1 aliphatic carbocycles. The van der Waals surface area contributed by atoms with E-state index >= 15 is 0 Å². The molecule has 0 saturated carbocycles. The van der Waals surface area contributed by atoms with E-state index in [1.165, 1.54) is 17.5 Å². The van der Waals surface area contributed by atoms with Crippen LogP contribution in [0.3, 0.4) is 0 Å². The molecule has 2 rings (SSSR count). The van der Waals surface area contributed by atoms with Crippen LogP contribution < -0.4 is 0 Å². The number of fused-ring (bicyclic) bond motifs is 1. The van der Waals surface area contributed by atoms with Crippen LogP contribution in [0.15, 0.2) is 49.1 Å². The second kappa shape index (κ2) is 4.48. The number of rotatable bonds is 3. The fraction of sp³-hybridized carbons (Fsp3) is 0.333. The molecule has 0 spiro atoms. The van der Waals surface area contributed by atoms with E-state index in [1.807, 2.05) is 0 Å². The van der Waals surface area contributed by atoms with Crippen LogP contribution in [0.25, 0.3) is 0 Å². The SMILES string of the molecule is C=C[C@H]1C[C@@H](/C=C\CC)c2ccccc21. The molecule has 0 radical (unpaired) electrons. The summed E-state index contributed by atoms with van der Waals surface area (Å²) in [6.45, 7) is 6.12. The molecule has 2 atom stereocenters. The highest BCUT2D eigenvalue weighted by molar-refractivity contribution is 5.42. The van der Waals surface area contributed by atoms with E-state index in [-0.39, 0.29) is 0 Å². The van der Waals surface area contributed by atoms with E-state index in [9.17, 15) is 0 Å². The highest BCUT2D eigenvalue weighted by Gasteiger charge is 2.26. The van der Waals surface area contributed by atoms with Crippen molar-refractivity contribution in [2.45, 2.75) is 31.6 Å². The van der Waals surface area contributed by atoms with Crippen molar-refractivity contribution in [2.75, 3.05) is 0 Å². The molecule has 1 aromatic carbocycles. The molecule has 0 fully saturated rings. The van der Waals surface area contributed by atoms with E-state index < -0.39 is 0 Å². The highest BCUT2D eigenvalue weighted by Crippen LogP contribution is 2.42. The topological polar surface area (TPSA) is 0 Å². The van der Waals surface area contributed by atoms with Gasteiger partial charge in [-0.3, -0.25) is 0 Å². The van der Waals surface area contributed by atoms with Crippen LogP contribution in [0.4, 0.5) is 0 Å². The monoisotopic (exact) mass is 198 g/mol. The van der Waals surface area contributed by atoms with Gasteiger partial charge in [-0.15, -0.1) is 6.58 Å². The van der Waals surface area contributed by atoms with Crippen LogP contribution >= 0.6 is 0 Å². The molecule has 0 nitrogen and oxygen atoms in total. The van der Waals surface area contributed by atoms with Gasteiger partial charge in [-0.25, -0.2) is 0 Å². The second-order valence-corrected chi connectivity index (χ2v) is 4.15. The Bertz CT molecular complexity index is 373. The van der Waals surface area contributed by atoms with Crippen LogP contribution in [-0.4, -0.2) is 0 Å². The Morgan fingerprint density at radius 3 is 2.53 bits per heavy atom. The average Bonchev–Trinajstić information content (AvgIpc) is 2.65. The Morgan fingerprint density at radius 1 is 1.27 bits per heavy atom. The standard InChI is InChI=1S/C15H18/c1-3-5-8-13-11-12(4-2)14-9-6-7-10-15(13)14/h4-10,12-13H,2-3,11H2,1H3/b8-5-/t12-,13+/m0/s1. The fourth-order valence-electron chi connectivity index (χ4n) is 2.42. The lowest BCUT2D eigenvalue weighted by atomic mass is 10.0. The number of hydrogen-bond donors (Lipinski definition) is 0. The molecule has 0 unspecified atom stereocenters. The lowest BCUT2D eigenvalue weighted by Gasteiger charge is -2.04. The average molecular weight is 198 g/mol. The van der Waals surface area contributed by atoms with E-state index in [4.69, 9.17) is 0 Å². The van der Waals surface area contributed by atoms with Crippen LogP contribution in [-0.2, 0) is 0 Å². The molecule has 1 aromatic rings. The number of benzene rings is 1. The van der Waals surface area contributed by atoms with Gasteiger partial charge in [-0.1, -0.05) is 49.4 Å². The van der Waals surface area contributed by atoms with Crippen LogP contribution in [0, 0.1) is 0 Å². The lowest BCUT2D eigenvalue weighted by molar-refractivity contribution is 0.748. The van der Waals surface area contributed by atoms with Crippen molar-refractivity contribution in [3.8, 4) is 0 Å². The minimum atomic E-state index is 0.549. The third kappa shape index (κ3) is 1.90. The summed E-state index contributed by atoms with van der Waals surface area (Å²) in [6, 6.07) is 8.75. The minimum Gasteiger partial charge on any atom is -0.102 e. The molecule has 0 N–H and O–H groups in total. The maximum absolute atomic E-state index is 3.93. The van der Waals surface area contributed by atoms with Crippen molar-refractivity contribution in [3.05, 3.63) is 60.2 Å². The smallest absolute Gasteiger partial charge is 0.00297 e. The van der Waals surface area contributed by atoms with Crippen LogP contribution in [0.5, 0.6) is 0 Å². The maximum atomic E-state index is 3.93. The van der Waals surface area contributed by atoms with E-state index in [1.54, 1.807) is 0 Å². The summed E-state index contributed by atoms with van der Waals surface area (Å²) in [5, 5.41) is 0. The normalized spacial score (nSPS) is 24.3. The Morgan fingerprint density at radius 2 is 1.93 bits per heavy atom. The van der Waals surface area contributed by atoms with Crippen molar-refractivity contribution >= 4 is 0 Å². The van der Waals surface area contributed by atoms with Crippen molar-refractivity contribution in [3.63, 3.8) is 0 Å². The molecule has 0 heterocycles. The zero-order valence-corrected chi connectivity index (χ0v) is 9.32. The number of hydrogen-bond acceptors (Lipinski definition) is 0. The van der Waals surface area contributed by atoms with Gasteiger partial charge >= 0.3 is 0 Å². The summed E-state index contributed by atoms with van der Waals surface area (Å²) in [6.07, 6.45) is 9.02. The Balaban J connectivity index is 2.33. The Hall–Kier alpha value is -1.30. The molecule has 0 saturated heterocycles. The summed E-state index contributed by atoms with van der Waals surface area (Å²) in [5.41, 5.74) is 2.96. The summed E-state index contributed by atoms with van der Waals surface area (Å²) in [7, 11) is 0. The van der Waals surface area contributed by atoms with Gasteiger partial charge in [0.15, 0.2) is 0 Å². The van der Waals surface area contributed by atoms with Gasteiger partial charge in [0.2, 0.25) is 0 Å². The van der Waals surface area contributed by atoms with Crippen molar-refractivity contribution in [2.24, 2.45) is 0 Å². The van der Waals surface area contributed by atoms with Crippen molar-refractivity contribution in [1.29, 1.82) is 0 Å². The van der Waals surface area contributed by atoms with Crippen molar-refractivity contribution < 1.29 is 0 Å². The quantitative estimate of drug-likeness (QED) is 0.631. The zero-order chi connectivity index (χ0) is 10.7. The first kappa shape index (κ1) is 10.2. The lowest BCUT2D eigenvalue weighted by Crippen LogP contribution is -1.87. The first-order chi connectivity index (χ1) is 7.36. The molecule has 1 aliphatic rings. The molecule has 15 heavy (non-hydrogen) atoms. The summed E-state index contributed by atoms with van der Waals surface area (Å²) >= 11 is 0. The van der Waals surface area contributed by atoms with Gasteiger partial charge in [0.05, 0.1) is 0 Å². The second-order valence-electron chi connectivity index (χ2n) is 4.15. The van der Waals surface area contributed by atoms with Crippen molar-refractivity contribution in [1.82, 2.24) is 0 Å². The maximum Gasteiger partial charge on any atom is 0.00297 e. The third-order valence-corrected chi connectivity index (χ3v) is 3.19. The molecule has 0 amide bonds.